The molecule has 89 valence electrons. The molecule has 0 aliphatic carbocycles. The second kappa shape index (κ2) is 4.22. The first kappa shape index (κ1) is 10.9. The predicted molar refractivity (Wildman–Crippen MR) is 73.4 cm³/mol. The predicted octanol–water partition coefficient (Wildman–Crippen LogP) is 3.81. The lowest BCUT2D eigenvalue weighted by molar-refractivity contribution is 0.417. The summed E-state index contributed by atoms with van der Waals surface area (Å²) < 4.78 is 11.1. The van der Waals surface area contributed by atoms with Gasteiger partial charge in [-0.3, -0.25) is 0 Å². The number of rotatable bonds is 2. The van der Waals surface area contributed by atoms with Gasteiger partial charge in [0.1, 0.15) is 11.5 Å². The van der Waals surface area contributed by atoms with Gasteiger partial charge in [-0.1, -0.05) is 42.5 Å². The number of benzene rings is 3. The fourth-order valence-corrected chi connectivity index (χ4v) is 2.40. The first-order valence-electron chi connectivity index (χ1n) is 5.80. The first-order chi connectivity index (χ1) is 8.86. The third-order valence-corrected chi connectivity index (χ3v) is 3.15. The lowest BCUT2D eigenvalue weighted by Gasteiger charge is -2.14. The van der Waals surface area contributed by atoms with Crippen molar-refractivity contribution >= 4 is 21.5 Å². The van der Waals surface area contributed by atoms with E-state index in [1.807, 2.05) is 42.5 Å². The molecule has 0 heterocycles. The van der Waals surface area contributed by atoms with Crippen molar-refractivity contribution in [2.45, 2.75) is 0 Å². The van der Waals surface area contributed by atoms with Crippen LogP contribution in [0.4, 0.5) is 0 Å². The zero-order valence-corrected chi connectivity index (χ0v) is 10.4. The summed E-state index contributed by atoms with van der Waals surface area (Å²) in [6.07, 6.45) is 0. The molecular formula is C16H13O2. The van der Waals surface area contributed by atoms with Gasteiger partial charge >= 0.3 is 0 Å². The molecule has 0 spiro atoms. The third kappa shape index (κ3) is 1.42. The Morgan fingerprint density at radius 2 is 1.39 bits per heavy atom. The molecule has 0 amide bonds. The molecule has 0 atom stereocenters. The second-order valence-electron chi connectivity index (χ2n) is 4.07. The molecule has 0 aliphatic rings. The van der Waals surface area contributed by atoms with Gasteiger partial charge in [0.2, 0.25) is 0 Å². The second-order valence-corrected chi connectivity index (χ2v) is 4.07. The molecule has 0 N–H and O–H groups in total. The molecule has 18 heavy (non-hydrogen) atoms. The number of hydrogen-bond acceptors (Lipinski definition) is 2. The maximum Gasteiger partial charge on any atom is 0.135 e. The average Bonchev–Trinajstić information content (AvgIpc) is 2.44. The Hall–Kier alpha value is -2.22. The van der Waals surface area contributed by atoms with Crippen molar-refractivity contribution in [3.05, 3.63) is 48.5 Å². The summed E-state index contributed by atoms with van der Waals surface area (Å²) in [4.78, 5) is 0. The van der Waals surface area contributed by atoms with E-state index in [4.69, 9.17) is 9.47 Å². The summed E-state index contributed by atoms with van der Waals surface area (Å²) in [5.74, 6) is 1.72. The summed E-state index contributed by atoms with van der Waals surface area (Å²) in [6, 6.07) is 17.2. The van der Waals surface area contributed by atoms with Crippen molar-refractivity contribution in [3.8, 4) is 11.5 Å². The van der Waals surface area contributed by atoms with Gasteiger partial charge in [0, 0.05) is 21.5 Å². The minimum atomic E-state index is 0.849. The lowest BCUT2D eigenvalue weighted by atomic mass is 10.0. The van der Waals surface area contributed by atoms with E-state index in [0.29, 0.717) is 0 Å². The van der Waals surface area contributed by atoms with Gasteiger partial charge in [0.25, 0.3) is 0 Å². The fraction of sp³-hybridized carbons (Fsp3) is 0.125. The Balaban J connectivity index is 2.61. The van der Waals surface area contributed by atoms with Crippen LogP contribution in [-0.2, 0) is 0 Å². The van der Waals surface area contributed by atoms with Gasteiger partial charge in [0.05, 0.1) is 14.2 Å². The zero-order chi connectivity index (χ0) is 12.5. The van der Waals surface area contributed by atoms with Crippen LogP contribution in [0.1, 0.15) is 0 Å². The third-order valence-electron chi connectivity index (χ3n) is 3.15. The number of ether oxygens (including phenoxy) is 2. The maximum atomic E-state index is 5.56. The van der Waals surface area contributed by atoms with Crippen molar-refractivity contribution in [2.75, 3.05) is 14.2 Å². The standard InChI is InChI=1S/C16H13O2/c1-17-15-11-7-3-5-9-13(11)16(18-2)14-10-6-4-8-12(14)15/h3-9H,1-2H3. The Bertz CT molecular complexity index is 598. The van der Waals surface area contributed by atoms with Crippen LogP contribution in [-0.4, -0.2) is 14.2 Å². The normalized spacial score (nSPS) is 10.8. The van der Waals surface area contributed by atoms with Gasteiger partial charge in [-0.2, -0.15) is 0 Å². The van der Waals surface area contributed by atoms with Gasteiger partial charge in [-0.25, -0.2) is 0 Å². The SMILES string of the molecule is COc1c2[c]cccc2c(OC)c2ccccc12. The quantitative estimate of drug-likeness (QED) is 0.631. The van der Waals surface area contributed by atoms with E-state index in [1.54, 1.807) is 14.2 Å². The molecule has 0 bridgehead atoms. The molecule has 0 saturated carbocycles. The highest BCUT2D eigenvalue weighted by molar-refractivity contribution is 6.10. The fourth-order valence-electron chi connectivity index (χ4n) is 2.40. The molecule has 2 nitrogen and oxygen atoms in total. The molecular weight excluding hydrogens is 224 g/mol. The molecule has 2 heteroatoms. The number of methoxy groups -OCH3 is 2. The summed E-state index contributed by atoms with van der Waals surface area (Å²) >= 11 is 0. The lowest BCUT2D eigenvalue weighted by Crippen LogP contribution is -1.92. The van der Waals surface area contributed by atoms with Gasteiger partial charge < -0.3 is 9.47 Å². The van der Waals surface area contributed by atoms with Crippen LogP contribution in [0, 0.1) is 6.07 Å². The highest BCUT2D eigenvalue weighted by atomic mass is 16.5. The Kier molecular flexibility index (Phi) is 2.56. The summed E-state index contributed by atoms with van der Waals surface area (Å²) in [5, 5.41) is 4.09. The van der Waals surface area contributed by atoms with E-state index >= 15 is 0 Å². The van der Waals surface area contributed by atoms with E-state index in [2.05, 4.69) is 6.07 Å². The van der Waals surface area contributed by atoms with Crippen molar-refractivity contribution in [1.82, 2.24) is 0 Å². The Morgan fingerprint density at radius 3 is 2.06 bits per heavy atom. The van der Waals surface area contributed by atoms with Crippen LogP contribution in [0.2, 0.25) is 0 Å². The topological polar surface area (TPSA) is 18.5 Å². The van der Waals surface area contributed by atoms with Gasteiger partial charge in [-0.05, 0) is 6.07 Å². The van der Waals surface area contributed by atoms with E-state index in [1.165, 1.54) is 0 Å². The minimum Gasteiger partial charge on any atom is -0.495 e. The van der Waals surface area contributed by atoms with Crippen LogP contribution >= 0.6 is 0 Å². The van der Waals surface area contributed by atoms with Gasteiger partial charge in [0.15, 0.2) is 0 Å². The van der Waals surface area contributed by atoms with Gasteiger partial charge in [-0.15, -0.1) is 0 Å². The van der Waals surface area contributed by atoms with Crippen LogP contribution in [0.5, 0.6) is 11.5 Å². The van der Waals surface area contributed by atoms with E-state index in [-0.39, 0.29) is 0 Å². The Labute approximate surface area is 106 Å². The maximum absolute atomic E-state index is 5.56. The molecule has 0 fully saturated rings. The molecule has 0 aromatic heterocycles. The van der Waals surface area contributed by atoms with Crippen molar-refractivity contribution in [1.29, 1.82) is 0 Å². The van der Waals surface area contributed by atoms with Crippen molar-refractivity contribution < 1.29 is 9.47 Å². The van der Waals surface area contributed by atoms with Crippen LogP contribution in [0.25, 0.3) is 21.5 Å². The van der Waals surface area contributed by atoms with Crippen LogP contribution < -0.4 is 9.47 Å². The highest BCUT2D eigenvalue weighted by Gasteiger charge is 2.13. The van der Waals surface area contributed by atoms with Crippen molar-refractivity contribution in [2.24, 2.45) is 0 Å². The molecule has 0 saturated heterocycles. The van der Waals surface area contributed by atoms with Crippen molar-refractivity contribution in [3.63, 3.8) is 0 Å². The number of fused-ring (bicyclic) bond motifs is 2. The van der Waals surface area contributed by atoms with E-state index in [9.17, 15) is 0 Å². The van der Waals surface area contributed by atoms with E-state index in [0.717, 1.165) is 33.0 Å². The molecule has 1 radical (unpaired) electrons. The molecule has 3 rings (SSSR count). The summed E-state index contributed by atoms with van der Waals surface area (Å²) in [6.45, 7) is 0. The average molecular weight is 237 g/mol. The monoisotopic (exact) mass is 237 g/mol. The zero-order valence-electron chi connectivity index (χ0n) is 10.4. The smallest absolute Gasteiger partial charge is 0.135 e. The number of hydrogen-bond donors (Lipinski definition) is 0. The van der Waals surface area contributed by atoms with E-state index < -0.39 is 0 Å². The molecule has 0 aliphatic heterocycles. The Morgan fingerprint density at radius 1 is 0.778 bits per heavy atom. The largest absolute Gasteiger partial charge is 0.495 e. The first-order valence-corrected chi connectivity index (χ1v) is 5.80. The highest BCUT2D eigenvalue weighted by Crippen LogP contribution is 2.41. The molecule has 3 aromatic rings. The molecule has 0 unspecified atom stereocenters. The minimum absolute atomic E-state index is 0.849. The summed E-state index contributed by atoms with van der Waals surface area (Å²) in [7, 11) is 3.38. The molecule has 3 aromatic carbocycles. The summed E-state index contributed by atoms with van der Waals surface area (Å²) in [5.41, 5.74) is 0. The van der Waals surface area contributed by atoms with Crippen LogP contribution in [0.15, 0.2) is 42.5 Å². The van der Waals surface area contributed by atoms with Crippen LogP contribution in [0.3, 0.4) is 0 Å².